The van der Waals surface area contributed by atoms with Gasteiger partial charge >= 0.3 is 0 Å². The number of rotatable bonds is 11. The number of halogens is 1. The summed E-state index contributed by atoms with van der Waals surface area (Å²) >= 11 is 5.92. The van der Waals surface area contributed by atoms with E-state index in [2.05, 4.69) is 10.4 Å². The Morgan fingerprint density at radius 3 is 2.38 bits per heavy atom. The number of ether oxygens (including phenoxy) is 3. The fourth-order valence-electron chi connectivity index (χ4n) is 3.19. The van der Waals surface area contributed by atoms with E-state index in [-0.39, 0.29) is 5.91 Å². The first kappa shape index (κ1) is 23.5. The van der Waals surface area contributed by atoms with Crippen LogP contribution in [0.2, 0.25) is 5.02 Å². The minimum absolute atomic E-state index is 0.154. The molecule has 7 nitrogen and oxygen atoms in total. The van der Waals surface area contributed by atoms with Gasteiger partial charge in [-0.05, 0) is 62.2 Å². The van der Waals surface area contributed by atoms with Crippen LogP contribution in [0.4, 0.5) is 5.69 Å². The quantitative estimate of drug-likeness (QED) is 0.411. The van der Waals surface area contributed by atoms with Crippen molar-refractivity contribution in [3.63, 3.8) is 0 Å². The Kier molecular flexibility index (Phi) is 8.39. The lowest BCUT2D eigenvalue weighted by Gasteiger charge is -2.16. The van der Waals surface area contributed by atoms with E-state index in [1.807, 2.05) is 51.1 Å². The predicted molar refractivity (Wildman–Crippen MR) is 125 cm³/mol. The highest BCUT2D eigenvalue weighted by atomic mass is 35.5. The summed E-state index contributed by atoms with van der Waals surface area (Å²) in [5, 5.41) is 7.55. The lowest BCUT2D eigenvalue weighted by molar-refractivity contribution is -0.119. The summed E-state index contributed by atoms with van der Waals surface area (Å²) < 4.78 is 18.7. The summed E-state index contributed by atoms with van der Waals surface area (Å²) in [5.74, 6) is 1.97. The molecule has 3 rings (SSSR count). The van der Waals surface area contributed by atoms with Gasteiger partial charge in [-0.1, -0.05) is 24.6 Å². The number of hydrogen-bond acceptors (Lipinski definition) is 5. The monoisotopic (exact) mass is 457 g/mol. The van der Waals surface area contributed by atoms with Crippen LogP contribution in [0.1, 0.15) is 38.8 Å². The highest BCUT2D eigenvalue weighted by Gasteiger charge is 2.19. The molecule has 1 unspecified atom stereocenters. The first-order chi connectivity index (χ1) is 15.5. The summed E-state index contributed by atoms with van der Waals surface area (Å²) in [7, 11) is 0. The first-order valence-corrected chi connectivity index (χ1v) is 11.0. The molecular formula is C24H28ClN3O4. The molecule has 0 saturated carbocycles. The molecule has 1 heterocycles. The van der Waals surface area contributed by atoms with Crippen molar-refractivity contribution in [3.05, 3.63) is 65.4 Å². The van der Waals surface area contributed by atoms with E-state index in [1.165, 1.54) is 6.20 Å². The SMILES string of the molecule is CCOc1ccc(COc2ccc(NC(=O)C(CC)n3cc(Cl)cn3)cc2)cc1OCC. The number of nitrogens with zero attached hydrogens (tertiary/aromatic N) is 2. The minimum atomic E-state index is -0.433. The standard InChI is InChI=1S/C24H28ClN3O4/c1-4-21(28-15-18(25)14-26-28)24(29)27-19-8-10-20(11-9-19)32-16-17-7-12-22(30-5-2)23(13-17)31-6-3/h7-15,21H,4-6,16H2,1-3H3,(H,27,29). The van der Waals surface area contributed by atoms with Gasteiger partial charge in [0, 0.05) is 11.9 Å². The van der Waals surface area contributed by atoms with Gasteiger partial charge in [-0.2, -0.15) is 5.10 Å². The summed E-state index contributed by atoms with van der Waals surface area (Å²) in [5.41, 5.74) is 1.65. The number of amides is 1. The molecule has 1 N–H and O–H groups in total. The Morgan fingerprint density at radius 2 is 1.75 bits per heavy atom. The zero-order valence-corrected chi connectivity index (χ0v) is 19.3. The van der Waals surface area contributed by atoms with Crippen LogP contribution in [0.5, 0.6) is 17.2 Å². The van der Waals surface area contributed by atoms with E-state index >= 15 is 0 Å². The Morgan fingerprint density at radius 1 is 1.03 bits per heavy atom. The molecule has 0 bridgehead atoms. The fraction of sp³-hybridized carbons (Fsp3) is 0.333. The molecule has 170 valence electrons. The summed E-state index contributed by atoms with van der Waals surface area (Å²) in [4.78, 5) is 12.6. The van der Waals surface area contributed by atoms with E-state index in [9.17, 15) is 4.79 Å². The largest absolute Gasteiger partial charge is 0.490 e. The van der Waals surface area contributed by atoms with Crippen molar-refractivity contribution in [2.75, 3.05) is 18.5 Å². The summed E-state index contributed by atoms with van der Waals surface area (Å²) in [6.45, 7) is 7.32. The maximum absolute atomic E-state index is 12.6. The van der Waals surface area contributed by atoms with Gasteiger partial charge in [0.1, 0.15) is 18.4 Å². The number of aromatic nitrogens is 2. The van der Waals surface area contributed by atoms with Gasteiger partial charge in [-0.3, -0.25) is 9.48 Å². The lowest BCUT2D eigenvalue weighted by atomic mass is 10.2. The Balaban J connectivity index is 1.59. The molecule has 1 amide bonds. The topological polar surface area (TPSA) is 74.6 Å². The molecule has 1 aromatic heterocycles. The summed E-state index contributed by atoms with van der Waals surface area (Å²) in [6, 6.07) is 12.6. The predicted octanol–water partition coefficient (Wildman–Crippen LogP) is 5.50. The number of hydrogen-bond donors (Lipinski definition) is 1. The molecule has 0 saturated heterocycles. The molecule has 0 fully saturated rings. The van der Waals surface area contributed by atoms with Gasteiger partial charge in [0.2, 0.25) is 5.91 Å². The van der Waals surface area contributed by atoms with Gasteiger partial charge in [0.25, 0.3) is 0 Å². The van der Waals surface area contributed by atoms with Crippen molar-refractivity contribution in [2.24, 2.45) is 0 Å². The molecule has 0 aliphatic heterocycles. The Hall–Kier alpha value is -3.19. The Labute approximate surface area is 193 Å². The van der Waals surface area contributed by atoms with Gasteiger partial charge in [-0.25, -0.2) is 0 Å². The smallest absolute Gasteiger partial charge is 0.249 e. The molecular weight excluding hydrogens is 430 g/mol. The van der Waals surface area contributed by atoms with E-state index in [0.717, 1.165) is 11.3 Å². The van der Waals surface area contributed by atoms with Crippen LogP contribution in [0.25, 0.3) is 0 Å². The third kappa shape index (κ3) is 6.17. The molecule has 8 heteroatoms. The van der Waals surface area contributed by atoms with Crippen LogP contribution >= 0.6 is 11.6 Å². The average Bonchev–Trinajstić information content (AvgIpc) is 3.21. The van der Waals surface area contributed by atoms with Gasteiger partial charge in [-0.15, -0.1) is 0 Å². The normalized spacial score (nSPS) is 11.6. The van der Waals surface area contributed by atoms with E-state index < -0.39 is 6.04 Å². The van der Waals surface area contributed by atoms with E-state index in [4.69, 9.17) is 25.8 Å². The molecule has 1 atom stereocenters. The first-order valence-electron chi connectivity index (χ1n) is 10.7. The van der Waals surface area contributed by atoms with Crippen LogP contribution < -0.4 is 19.5 Å². The average molecular weight is 458 g/mol. The third-order valence-corrected chi connectivity index (χ3v) is 4.91. The zero-order chi connectivity index (χ0) is 22.9. The van der Waals surface area contributed by atoms with Crippen LogP contribution in [-0.2, 0) is 11.4 Å². The van der Waals surface area contributed by atoms with Crippen molar-refractivity contribution in [3.8, 4) is 17.2 Å². The summed E-state index contributed by atoms with van der Waals surface area (Å²) in [6.07, 6.45) is 3.76. The van der Waals surface area contributed by atoms with Crippen molar-refractivity contribution in [1.29, 1.82) is 0 Å². The Bertz CT molecular complexity index is 1020. The van der Waals surface area contributed by atoms with Crippen molar-refractivity contribution in [2.45, 2.75) is 39.8 Å². The molecule has 0 aliphatic carbocycles. The van der Waals surface area contributed by atoms with Gasteiger partial charge in [0.05, 0.1) is 24.4 Å². The highest BCUT2D eigenvalue weighted by Crippen LogP contribution is 2.29. The molecule has 3 aromatic rings. The molecule has 32 heavy (non-hydrogen) atoms. The fourth-order valence-corrected chi connectivity index (χ4v) is 3.33. The van der Waals surface area contributed by atoms with Crippen molar-refractivity contribution in [1.82, 2.24) is 9.78 Å². The van der Waals surface area contributed by atoms with Crippen LogP contribution in [0.15, 0.2) is 54.9 Å². The van der Waals surface area contributed by atoms with Crippen LogP contribution in [0, 0.1) is 0 Å². The van der Waals surface area contributed by atoms with Crippen molar-refractivity contribution < 1.29 is 19.0 Å². The molecule has 0 aliphatic rings. The molecule has 2 aromatic carbocycles. The van der Waals surface area contributed by atoms with E-state index in [1.54, 1.807) is 23.0 Å². The number of anilines is 1. The van der Waals surface area contributed by atoms with Crippen LogP contribution in [-0.4, -0.2) is 28.9 Å². The second-order valence-corrected chi connectivity index (χ2v) is 7.45. The second kappa shape index (κ2) is 11.4. The number of carbonyl (C=O) groups is 1. The molecule has 0 spiro atoms. The highest BCUT2D eigenvalue weighted by molar-refractivity contribution is 6.30. The minimum Gasteiger partial charge on any atom is -0.490 e. The second-order valence-electron chi connectivity index (χ2n) is 7.01. The van der Waals surface area contributed by atoms with E-state index in [0.29, 0.717) is 48.5 Å². The maximum Gasteiger partial charge on any atom is 0.249 e. The maximum atomic E-state index is 12.6. The van der Waals surface area contributed by atoms with Crippen LogP contribution in [0.3, 0.4) is 0 Å². The lowest BCUT2D eigenvalue weighted by Crippen LogP contribution is -2.25. The third-order valence-electron chi connectivity index (χ3n) is 4.71. The number of nitrogens with one attached hydrogen (secondary N) is 1. The van der Waals surface area contributed by atoms with Gasteiger partial charge < -0.3 is 19.5 Å². The van der Waals surface area contributed by atoms with Gasteiger partial charge in [0.15, 0.2) is 11.5 Å². The molecule has 0 radical (unpaired) electrons. The zero-order valence-electron chi connectivity index (χ0n) is 18.5. The number of benzene rings is 2. The van der Waals surface area contributed by atoms with Crippen molar-refractivity contribution >= 4 is 23.2 Å². The number of carbonyl (C=O) groups excluding carboxylic acids is 1.